The van der Waals surface area contributed by atoms with Crippen molar-refractivity contribution in [1.29, 1.82) is 0 Å². The molecule has 0 radical (unpaired) electrons. The van der Waals surface area contributed by atoms with E-state index in [0.29, 0.717) is 0 Å². The first kappa shape index (κ1) is 16.1. The van der Waals surface area contributed by atoms with Gasteiger partial charge in [-0.2, -0.15) is 0 Å². The number of cyclic esters (lactones) is 1. The fourth-order valence-corrected chi connectivity index (χ4v) is 1.67. The van der Waals surface area contributed by atoms with Gasteiger partial charge in [0.05, 0.1) is 12.6 Å². The van der Waals surface area contributed by atoms with Gasteiger partial charge in [0.2, 0.25) is 0 Å². The fraction of sp³-hybridized carbons (Fsp3) is 0.400. The molecule has 1 rings (SSSR count). The Morgan fingerprint density at radius 3 is 2.61 bits per heavy atom. The zero-order valence-corrected chi connectivity index (χ0v) is 11.3. The number of nitrogens with zero attached hydrogens (tertiary/aromatic N) is 1. The predicted octanol–water partition coefficient (Wildman–Crippen LogP) is 3.15. The number of ether oxygens (including phenoxy) is 1. The predicted molar refractivity (Wildman–Crippen MR) is 75.1 cm³/mol. The van der Waals surface area contributed by atoms with Crippen LogP contribution in [0.2, 0.25) is 0 Å². The summed E-state index contributed by atoms with van der Waals surface area (Å²) in [5.74, 6) is 2.44. The molecule has 0 aromatic heterocycles. The Morgan fingerprint density at radius 2 is 2.17 bits per heavy atom. The van der Waals surface area contributed by atoms with Crippen molar-refractivity contribution in [2.24, 2.45) is 0 Å². The van der Waals surface area contributed by atoms with E-state index in [4.69, 9.17) is 11.2 Å². The number of hydrogen-bond acceptors (Lipinski definition) is 2. The summed E-state index contributed by atoms with van der Waals surface area (Å²) in [5, 5.41) is 0. The summed E-state index contributed by atoms with van der Waals surface area (Å²) in [6, 6.07) is -0.0900. The molecule has 2 atom stereocenters. The second kappa shape index (κ2) is 8.19. The van der Waals surface area contributed by atoms with Crippen molar-refractivity contribution in [2.75, 3.05) is 6.54 Å². The van der Waals surface area contributed by atoms with Gasteiger partial charge in [-0.3, -0.25) is 4.90 Å². The minimum atomic E-state index is -0.382. The van der Waals surface area contributed by atoms with E-state index in [-0.39, 0.29) is 24.8 Å². The maximum absolute atomic E-state index is 11.5. The van der Waals surface area contributed by atoms with Crippen molar-refractivity contribution in [1.82, 2.24) is 4.90 Å². The molecule has 3 heteroatoms. The first-order valence-corrected chi connectivity index (χ1v) is 6.01. The van der Waals surface area contributed by atoms with Crippen molar-refractivity contribution in [3.8, 4) is 12.3 Å². The number of allylic oxidation sites excluding steroid dienone is 2. The number of amides is 1. The Hall–Kier alpha value is -1.95. The Morgan fingerprint density at radius 1 is 1.56 bits per heavy atom. The van der Waals surface area contributed by atoms with E-state index in [1.165, 1.54) is 4.90 Å². The second-order valence-corrected chi connectivity index (χ2v) is 3.48. The molecule has 1 saturated heterocycles. The van der Waals surface area contributed by atoms with Crippen LogP contribution < -0.4 is 0 Å². The summed E-state index contributed by atoms with van der Waals surface area (Å²) in [7, 11) is 0. The van der Waals surface area contributed by atoms with E-state index >= 15 is 0 Å². The molecule has 1 aliphatic rings. The molecule has 0 saturated carbocycles. The molecule has 0 bridgehead atoms. The summed E-state index contributed by atoms with van der Waals surface area (Å²) in [5.41, 5.74) is 0.829. The molecule has 0 aromatic carbocycles. The van der Waals surface area contributed by atoms with Gasteiger partial charge in [0.1, 0.15) is 6.10 Å². The largest absolute Gasteiger partial charge is 0.439 e. The van der Waals surface area contributed by atoms with Crippen LogP contribution in [0.3, 0.4) is 0 Å². The van der Waals surface area contributed by atoms with E-state index < -0.39 is 0 Å². The third kappa shape index (κ3) is 3.53. The van der Waals surface area contributed by atoms with Crippen LogP contribution in [-0.4, -0.2) is 29.7 Å². The van der Waals surface area contributed by atoms with E-state index in [9.17, 15) is 4.79 Å². The molecule has 1 amide bonds. The van der Waals surface area contributed by atoms with Crippen molar-refractivity contribution >= 4 is 6.09 Å². The first-order valence-electron chi connectivity index (χ1n) is 6.01. The summed E-state index contributed by atoms with van der Waals surface area (Å²) < 4.78 is 5.25. The summed E-state index contributed by atoms with van der Waals surface area (Å²) >= 11 is 0. The van der Waals surface area contributed by atoms with Crippen LogP contribution >= 0.6 is 0 Å². The third-order valence-corrected chi connectivity index (χ3v) is 2.53. The van der Waals surface area contributed by atoms with Crippen LogP contribution in [0.25, 0.3) is 0 Å². The highest BCUT2D eigenvalue weighted by Crippen LogP contribution is 2.25. The normalized spacial score (nSPS) is 22.4. The van der Waals surface area contributed by atoms with Crippen LogP contribution in [0.1, 0.15) is 20.8 Å². The highest BCUT2D eigenvalue weighted by Gasteiger charge is 2.39. The quantitative estimate of drug-likeness (QED) is 0.564. The van der Waals surface area contributed by atoms with Crippen LogP contribution in [0.4, 0.5) is 4.79 Å². The molecule has 1 aliphatic heterocycles. The molecule has 1 fully saturated rings. The number of terminal acetylenes is 1. The molecule has 0 N–H and O–H groups in total. The minimum absolute atomic E-state index is 0.0900. The maximum Gasteiger partial charge on any atom is 0.411 e. The van der Waals surface area contributed by atoms with Crippen molar-refractivity contribution in [2.45, 2.75) is 32.9 Å². The SMILES string of the molecule is C#CCN1C(=O)O[C@H](/C(C=C)=C/C=C)C1C.CC. The lowest BCUT2D eigenvalue weighted by atomic mass is 10.0. The van der Waals surface area contributed by atoms with E-state index in [1.54, 1.807) is 18.2 Å². The number of carbonyl (C=O) groups excluding carboxylic acids is 1. The Balaban J connectivity index is 0.00000137. The van der Waals surface area contributed by atoms with Crippen LogP contribution in [0.15, 0.2) is 37.0 Å². The molecular weight excluding hydrogens is 226 g/mol. The van der Waals surface area contributed by atoms with Gasteiger partial charge in [0.25, 0.3) is 0 Å². The average molecular weight is 247 g/mol. The van der Waals surface area contributed by atoms with Crippen LogP contribution in [0, 0.1) is 12.3 Å². The monoisotopic (exact) mass is 247 g/mol. The average Bonchev–Trinajstić information content (AvgIpc) is 2.67. The van der Waals surface area contributed by atoms with Crippen molar-refractivity contribution in [3.05, 3.63) is 37.0 Å². The summed E-state index contributed by atoms with van der Waals surface area (Å²) in [4.78, 5) is 13.0. The Labute approximate surface area is 110 Å². The molecule has 1 unspecified atom stereocenters. The Kier molecular flexibility index (Phi) is 7.30. The van der Waals surface area contributed by atoms with Crippen LogP contribution in [0.5, 0.6) is 0 Å². The molecule has 3 nitrogen and oxygen atoms in total. The smallest absolute Gasteiger partial charge is 0.411 e. The van der Waals surface area contributed by atoms with Crippen molar-refractivity contribution < 1.29 is 9.53 Å². The van der Waals surface area contributed by atoms with Gasteiger partial charge in [-0.15, -0.1) is 6.42 Å². The van der Waals surface area contributed by atoms with Gasteiger partial charge in [-0.1, -0.05) is 51.2 Å². The van der Waals surface area contributed by atoms with E-state index in [0.717, 1.165) is 5.57 Å². The lowest BCUT2D eigenvalue weighted by Gasteiger charge is -2.18. The first-order chi connectivity index (χ1) is 8.65. The Bertz CT molecular complexity index is 376. The lowest BCUT2D eigenvalue weighted by Crippen LogP contribution is -2.34. The van der Waals surface area contributed by atoms with Gasteiger partial charge in [-0.05, 0) is 12.5 Å². The topological polar surface area (TPSA) is 29.5 Å². The van der Waals surface area contributed by atoms with Crippen LogP contribution in [-0.2, 0) is 4.74 Å². The standard InChI is InChI=1S/C13H15NO2.C2H6/c1-5-8-11(7-3)12-10(4)14(9-6-2)13(15)16-12;1-2/h2,5,7-8,10,12H,1,3,9H2,4H3;1-2H3/b11-8+;/t10?,12-;/m0./s1. The van der Waals surface area contributed by atoms with E-state index in [1.807, 2.05) is 20.8 Å². The number of carbonyl (C=O) groups is 1. The molecular formula is C15H21NO2. The number of hydrogen-bond donors (Lipinski definition) is 0. The second-order valence-electron chi connectivity index (χ2n) is 3.48. The molecule has 0 aromatic rings. The van der Waals surface area contributed by atoms with Gasteiger partial charge in [-0.25, -0.2) is 4.79 Å². The molecule has 98 valence electrons. The van der Waals surface area contributed by atoms with Gasteiger partial charge >= 0.3 is 6.09 Å². The molecule has 0 aliphatic carbocycles. The van der Waals surface area contributed by atoms with Gasteiger partial charge in [0, 0.05) is 0 Å². The maximum atomic E-state index is 11.5. The lowest BCUT2D eigenvalue weighted by molar-refractivity contribution is 0.144. The van der Waals surface area contributed by atoms with Gasteiger partial charge in [0.15, 0.2) is 0 Å². The molecule has 0 spiro atoms. The molecule has 18 heavy (non-hydrogen) atoms. The minimum Gasteiger partial charge on any atom is -0.439 e. The zero-order valence-electron chi connectivity index (χ0n) is 11.3. The number of rotatable bonds is 4. The highest BCUT2D eigenvalue weighted by molar-refractivity contribution is 5.72. The summed E-state index contributed by atoms with van der Waals surface area (Å²) in [6.45, 7) is 13.5. The van der Waals surface area contributed by atoms with E-state index in [2.05, 4.69) is 19.1 Å². The summed E-state index contributed by atoms with van der Waals surface area (Å²) in [6.07, 6.45) is 9.57. The molecule has 1 heterocycles. The zero-order chi connectivity index (χ0) is 14.1. The van der Waals surface area contributed by atoms with Crippen molar-refractivity contribution in [3.63, 3.8) is 0 Å². The third-order valence-electron chi connectivity index (χ3n) is 2.53. The van der Waals surface area contributed by atoms with Gasteiger partial charge < -0.3 is 4.74 Å². The highest BCUT2D eigenvalue weighted by atomic mass is 16.6. The fourth-order valence-electron chi connectivity index (χ4n) is 1.67.